The summed E-state index contributed by atoms with van der Waals surface area (Å²) in [5, 5.41) is 10.3. The Balaban J connectivity index is 2.41. The first-order valence-corrected chi connectivity index (χ1v) is 10.2. The number of nitrogens with two attached hydrogens (primary N) is 1. The number of rotatable bonds is 5. The predicted octanol–water partition coefficient (Wildman–Crippen LogP) is -0.553. The van der Waals surface area contributed by atoms with Gasteiger partial charge in [-0.3, -0.25) is 0 Å². The number of hydrogen-bond acceptors (Lipinski definition) is 6. The molecule has 22 heavy (non-hydrogen) atoms. The Bertz CT molecular complexity index is 733. The minimum Gasteiger partial charge on any atom is -0.390 e. The molecule has 0 unspecified atom stereocenters. The Morgan fingerprint density at radius 3 is 2.32 bits per heavy atom. The molecule has 1 fully saturated rings. The molecular formula is C12H17ClN2O5S2. The van der Waals surface area contributed by atoms with Crippen LogP contribution in [0, 0.1) is 0 Å². The van der Waals surface area contributed by atoms with Crippen LogP contribution in [0.2, 0.25) is 5.02 Å². The number of nitrogens with zero attached hydrogens (tertiary/aromatic N) is 1. The van der Waals surface area contributed by atoms with Crippen LogP contribution in [0.1, 0.15) is 0 Å². The summed E-state index contributed by atoms with van der Waals surface area (Å²) in [6, 6.07) is 4.48. The zero-order valence-corrected chi connectivity index (χ0v) is 14.0. The van der Waals surface area contributed by atoms with Crippen LogP contribution in [0.3, 0.4) is 0 Å². The molecule has 1 aliphatic rings. The Kier molecular flexibility index (Phi) is 5.15. The van der Waals surface area contributed by atoms with E-state index in [1.807, 2.05) is 0 Å². The van der Waals surface area contributed by atoms with E-state index in [1.165, 1.54) is 24.3 Å². The molecule has 124 valence electrons. The minimum absolute atomic E-state index is 0.0100. The third-order valence-electron chi connectivity index (χ3n) is 3.43. The molecule has 7 nitrogen and oxygen atoms in total. The van der Waals surface area contributed by atoms with Crippen LogP contribution in [0.4, 0.5) is 0 Å². The SMILES string of the molecule is NCCN([C@H]1CS(=O)(=O)C[C@H]1O)S(=O)(=O)c1ccc(Cl)cc1. The molecule has 0 radical (unpaired) electrons. The van der Waals surface area contributed by atoms with E-state index in [9.17, 15) is 21.9 Å². The van der Waals surface area contributed by atoms with E-state index in [0.717, 1.165) is 4.31 Å². The highest BCUT2D eigenvalue weighted by atomic mass is 35.5. The monoisotopic (exact) mass is 368 g/mol. The Morgan fingerprint density at radius 1 is 1.27 bits per heavy atom. The summed E-state index contributed by atoms with van der Waals surface area (Å²) in [6.45, 7) is -0.0711. The highest BCUT2D eigenvalue weighted by Gasteiger charge is 2.44. The standard InChI is InChI=1S/C12H17ClN2O5S2/c13-9-1-3-10(4-2-9)22(19,20)15(6-5-14)11-7-21(17,18)8-12(11)16/h1-4,11-12,16H,5-8,14H2/t11-,12+/m0/s1. The molecule has 0 aliphatic carbocycles. The first-order valence-electron chi connectivity index (χ1n) is 6.53. The smallest absolute Gasteiger partial charge is 0.243 e. The fourth-order valence-corrected chi connectivity index (χ4v) is 6.11. The van der Waals surface area contributed by atoms with Crippen molar-refractivity contribution in [3.8, 4) is 0 Å². The van der Waals surface area contributed by atoms with E-state index in [2.05, 4.69) is 0 Å². The van der Waals surface area contributed by atoms with Gasteiger partial charge in [-0.25, -0.2) is 16.8 Å². The molecule has 1 aromatic carbocycles. The van der Waals surface area contributed by atoms with Crippen LogP contribution >= 0.6 is 11.6 Å². The van der Waals surface area contributed by atoms with E-state index >= 15 is 0 Å². The van der Waals surface area contributed by atoms with E-state index < -0.39 is 43.5 Å². The summed E-state index contributed by atoms with van der Waals surface area (Å²) < 4.78 is 49.6. The van der Waals surface area contributed by atoms with Gasteiger partial charge in [0.15, 0.2) is 9.84 Å². The normalized spacial score (nSPS) is 24.7. The first kappa shape index (κ1) is 17.6. The van der Waals surface area contributed by atoms with Gasteiger partial charge in [-0.15, -0.1) is 0 Å². The van der Waals surface area contributed by atoms with Gasteiger partial charge >= 0.3 is 0 Å². The van der Waals surface area contributed by atoms with Gasteiger partial charge in [0.05, 0.1) is 28.5 Å². The second kappa shape index (κ2) is 6.42. The summed E-state index contributed by atoms with van der Waals surface area (Å²) in [5.41, 5.74) is 5.45. The lowest BCUT2D eigenvalue weighted by atomic mass is 10.2. The van der Waals surface area contributed by atoms with Gasteiger partial charge in [-0.2, -0.15) is 4.31 Å². The average molecular weight is 369 g/mol. The van der Waals surface area contributed by atoms with Crippen molar-refractivity contribution in [2.24, 2.45) is 5.73 Å². The molecule has 1 aliphatic heterocycles. The van der Waals surface area contributed by atoms with E-state index in [-0.39, 0.29) is 18.0 Å². The van der Waals surface area contributed by atoms with Crippen molar-refractivity contribution in [3.63, 3.8) is 0 Å². The lowest BCUT2D eigenvalue weighted by Crippen LogP contribution is -2.48. The summed E-state index contributed by atoms with van der Waals surface area (Å²) in [5.74, 6) is -0.865. The maximum Gasteiger partial charge on any atom is 0.243 e. The average Bonchev–Trinajstić information content (AvgIpc) is 2.69. The van der Waals surface area contributed by atoms with Crippen molar-refractivity contribution >= 4 is 31.5 Å². The van der Waals surface area contributed by atoms with Gasteiger partial charge in [-0.05, 0) is 24.3 Å². The van der Waals surface area contributed by atoms with Crippen LogP contribution in [-0.2, 0) is 19.9 Å². The third-order valence-corrected chi connectivity index (χ3v) is 7.32. The molecule has 2 rings (SSSR count). The van der Waals surface area contributed by atoms with Crippen LogP contribution in [0.15, 0.2) is 29.2 Å². The van der Waals surface area contributed by atoms with Gasteiger partial charge in [-0.1, -0.05) is 11.6 Å². The molecule has 0 amide bonds. The quantitative estimate of drug-likeness (QED) is 0.719. The maximum atomic E-state index is 12.7. The van der Waals surface area contributed by atoms with Gasteiger partial charge in [0, 0.05) is 18.1 Å². The molecular weight excluding hydrogens is 352 g/mol. The molecule has 1 heterocycles. The number of aliphatic hydroxyl groups is 1. The van der Waals surface area contributed by atoms with Gasteiger partial charge < -0.3 is 10.8 Å². The number of hydrogen-bond donors (Lipinski definition) is 2. The highest BCUT2D eigenvalue weighted by Crippen LogP contribution is 2.25. The number of sulfone groups is 1. The summed E-state index contributed by atoms with van der Waals surface area (Å²) in [6.07, 6.45) is -1.27. The molecule has 3 N–H and O–H groups in total. The molecule has 1 saturated heterocycles. The number of benzene rings is 1. The third kappa shape index (κ3) is 3.61. The van der Waals surface area contributed by atoms with Crippen LogP contribution in [-0.4, -0.2) is 63.0 Å². The lowest BCUT2D eigenvalue weighted by molar-refractivity contribution is 0.129. The van der Waals surface area contributed by atoms with Crippen molar-refractivity contribution in [1.29, 1.82) is 0 Å². The summed E-state index contributed by atoms with van der Waals surface area (Å²) >= 11 is 5.74. The van der Waals surface area contributed by atoms with Crippen molar-refractivity contribution in [3.05, 3.63) is 29.3 Å². The van der Waals surface area contributed by atoms with Crippen molar-refractivity contribution < 1.29 is 21.9 Å². The van der Waals surface area contributed by atoms with E-state index in [0.29, 0.717) is 5.02 Å². The molecule has 10 heteroatoms. The Morgan fingerprint density at radius 2 is 1.86 bits per heavy atom. The molecule has 0 saturated carbocycles. The second-order valence-corrected chi connectivity index (χ2v) is 9.55. The van der Waals surface area contributed by atoms with Crippen molar-refractivity contribution in [1.82, 2.24) is 4.31 Å². The number of sulfonamides is 1. The maximum absolute atomic E-state index is 12.7. The zero-order valence-electron chi connectivity index (χ0n) is 11.6. The fraction of sp³-hybridized carbons (Fsp3) is 0.500. The number of halogens is 1. The topological polar surface area (TPSA) is 118 Å². The lowest BCUT2D eigenvalue weighted by Gasteiger charge is -2.28. The first-order chi connectivity index (χ1) is 10.2. The van der Waals surface area contributed by atoms with Gasteiger partial charge in [0.25, 0.3) is 0 Å². The molecule has 0 bridgehead atoms. The van der Waals surface area contributed by atoms with E-state index in [4.69, 9.17) is 17.3 Å². The van der Waals surface area contributed by atoms with Crippen molar-refractivity contribution in [2.45, 2.75) is 17.0 Å². The van der Waals surface area contributed by atoms with Gasteiger partial charge in [0.2, 0.25) is 10.0 Å². The molecule has 0 aromatic heterocycles. The predicted molar refractivity (Wildman–Crippen MR) is 82.8 cm³/mol. The zero-order chi connectivity index (χ0) is 16.5. The summed E-state index contributed by atoms with van der Waals surface area (Å²) in [4.78, 5) is -0.0261. The van der Waals surface area contributed by atoms with Crippen LogP contribution in [0.5, 0.6) is 0 Å². The fourth-order valence-electron chi connectivity index (χ4n) is 2.42. The Hall–Kier alpha value is -0.710. The number of aliphatic hydroxyl groups excluding tert-OH is 1. The summed E-state index contributed by atoms with van der Waals surface area (Å²) in [7, 11) is -7.45. The largest absolute Gasteiger partial charge is 0.390 e. The van der Waals surface area contributed by atoms with Crippen LogP contribution < -0.4 is 5.73 Å². The molecule has 1 aromatic rings. The second-order valence-electron chi connectivity index (χ2n) is 5.07. The molecule has 2 atom stereocenters. The van der Waals surface area contributed by atoms with Gasteiger partial charge in [0.1, 0.15) is 0 Å². The highest BCUT2D eigenvalue weighted by molar-refractivity contribution is 7.92. The van der Waals surface area contributed by atoms with E-state index in [1.54, 1.807) is 0 Å². The molecule has 0 spiro atoms. The van der Waals surface area contributed by atoms with Crippen molar-refractivity contribution in [2.75, 3.05) is 24.6 Å². The van der Waals surface area contributed by atoms with Crippen LogP contribution in [0.25, 0.3) is 0 Å². The minimum atomic E-state index is -3.98. The Labute approximate surface area is 134 Å².